The van der Waals surface area contributed by atoms with E-state index in [2.05, 4.69) is 4.72 Å². The fourth-order valence-electron chi connectivity index (χ4n) is 2.95. The molecular weight excluding hydrogens is 399 g/mol. The summed E-state index contributed by atoms with van der Waals surface area (Å²) in [5.74, 6) is -1.42. The summed E-state index contributed by atoms with van der Waals surface area (Å²) < 4.78 is 45.0. The van der Waals surface area contributed by atoms with Gasteiger partial charge in [0.05, 0.1) is 10.5 Å². The molecule has 0 unspecified atom stereocenters. The highest BCUT2D eigenvalue weighted by Gasteiger charge is 2.19. The first kappa shape index (κ1) is 20.8. The predicted molar refractivity (Wildman–Crippen MR) is 104 cm³/mol. The normalized spacial score (nSPS) is 14.3. The van der Waals surface area contributed by atoms with Crippen molar-refractivity contribution in [3.63, 3.8) is 0 Å². The number of hydrogen-bond donors (Lipinski definition) is 1. The van der Waals surface area contributed by atoms with Crippen molar-refractivity contribution < 1.29 is 27.1 Å². The van der Waals surface area contributed by atoms with Gasteiger partial charge in [0.25, 0.3) is 15.9 Å². The number of carbonyl (C=O) groups excluding carboxylic acids is 2. The maximum absolute atomic E-state index is 13.0. The summed E-state index contributed by atoms with van der Waals surface area (Å²) >= 11 is 0. The van der Waals surface area contributed by atoms with Crippen molar-refractivity contribution in [1.82, 2.24) is 4.90 Å². The molecule has 1 amide bonds. The van der Waals surface area contributed by atoms with Crippen molar-refractivity contribution in [2.75, 3.05) is 24.4 Å². The molecule has 0 aliphatic carbocycles. The zero-order valence-corrected chi connectivity index (χ0v) is 16.5. The van der Waals surface area contributed by atoms with Crippen LogP contribution in [0.15, 0.2) is 53.4 Å². The third-order valence-corrected chi connectivity index (χ3v) is 5.93. The number of halogens is 1. The second kappa shape index (κ2) is 9.04. The first-order valence-electron chi connectivity index (χ1n) is 9.18. The second-order valence-corrected chi connectivity index (χ2v) is 8.34. The van der Waals surface area contributed by atoms with Gasteiger partial charge in [-0.3, -0.25) is 9.52 Å². The largest absolute Gasteiger partial charge is 0.452 e. The van der Waals surface area contributed by atoms with Crippen LogP contribution >= 0.6 is 0 Å². The van der Waals surface area contributed by atoms with Gasteiger partial charge in [-0.15, -0.1) is 0 Å². The number of amides is 1. The first-order valence-corrected chi connectivity index (χ1v) is 10.7. The zero-order valence-electron chi connectivity index (χ0n) is 15.6. The molecule has 1 aliphatic rings. The van der Waals surface area contributed by atoms with Crippen LogP contribution in [-0.4, -0.2) is 44.9 Å². The van der Waals surface area contributed by atoms with Gasteiger partial charge in [-0.05, 0) is 67.8 Å². The lowest BCUT2D eigenvalue weighted by Gasteiger charge is -2.26. The van der Waals surface area contributed by atoms with E-state index in [1.807, 2.05) is 0 Å². The van der Waals surface area contributed by atoms with E-state index in [9.17, 15) is 22.4 Å². The van der Waals surface area contributed by atoms with Gasteiger partial charge in [-0.1, -0.05) is 0 Å². The van der Waals surface area contributed by atoms with E-state index >= 15 is 0 Å². The van der Waals surface area contributed by atoms with E-state index < -0.39 is 21.8 Å². The Bertz CT molecular complexity index is 969. The summed E-state index contributed by atoms with van der Waals surface area (Å²) in [7, 11) is -3.88. The third-order valence-electron chi connectivity index (χ3n) is 4.53. The Labute approximate surface area is 168 Å². The summed E-state index contributed by atoms with van der Waals surface area (Å²) in [4.78, 5) is 25.8. The molecule has 1 heterocycles. The van der Waals surface area contributed by atoms with E-state index in [-0.39, 0.29) is 28.7 Å². The number of nitrogens with zero attached hydrogens (tertiary/aromatic N) is 1. The Kier molecular flexibility index (Phi) is 6.48. The lowest BCUT2D eigenvalue weighted by Crippen LogP contribution is -2.38. The molecule has 29 heavy (non-hydrogen) atoms. The van der Waals surface area contributed by atoms with Gasteiger partial charge < -0.3 is 9.64 Å². The molecule has 1 N–H and O–H groups in total. The van der Waals surface area contributed by atoms with Gasteiger partial charge >= 0.3 is 5.97 Å². The Morgan fingerprint density at radius 1 is 0.966 bits per heavy atom. The summed E-state index contributed by atoms with van der Waals surface area (Å²) in [6, 6.07) is 10.0. The number of sulfonamides is 1. The van der Waals surface area contributed by atoms with Crippen molar-refractivity contribution in [3.05, 3.63) is 59.9 Å². The standard InChI is InChI=1S/C20H21FN2O5S/c21-16-6-10-18(11-7-16)29(26,27)22-17-8-4-15(5-9-17)20(25)28-14-19(24)23-12-2-1-3-13-23/h4-11,22H,1-3,12-14H2. The van der Waals surface area contributed by atoms with Crippen LogP contribution in [0.1, 0.15) is 29.6 Å². The van der Waals surface area contributed by atoms with Crippen molar-refractivity contribution in [2.24, 2.45) is 0 Å². The number of hydrogen-bond acceptors (Lipinski definition) is 5. The Morgan fingerprint density at radius 2 is 1.59 bits per heavy atom. The molecule has 7 nitrogen and oxygen atoms in total. The number of likely N-dealkylation sites (tertiary alicyclic amines) is 1. The number of piperidine rings is 1. The van der Waals surface area contributed by atoms with Crippen molar-refractivity contribution in [1.29, 1.82) is 0 Å². The smallest absolute Gasteiger partial charge is 0.338 e. The number of benzene rings is 2. The molecule has 3 rings (SSSR count). The molecule has 2 aromatic carbocycles. The van der Waals surface area contributed by atoms with Crippen molar-refractivity contribution >= 4 is 27.6 Å². The van der Waals surface area contributed by atoms with E-state index in [0.29, 0.717) is 13.1 Å². The van der Waals surface area contributed by atoms with E-state index in [4.69, 9.17) is 4.74 Å². The minimum absolute atomic E-state index is 0.0846. The van der Waals surface area contributed by atoms with E-state index in [0.717, 1.165) is 43.5 Å². The van der Waals surface area contributed by atoms with Crippen LogP contribution < -0.4 is 4.72 Å². The van der Waals surface area contributed by atoms with E-state index in [1.54, 1.807) is 4.90 Å². The topological polar surface area (TPSA) is 92.8 Å². The molecule has 1 saturated heterocycles. The average molecular weight is 420 g/mol. The minimum atomic E-state index is -3.88. The molecule has 9 heteroatoms. The molecule has 0 spiro atoms. The summed E-state index contributed by atoms with van der Waals surface area (Å²) in [6.07, 6.45) is 3.00. The monoisotopic (exact) mass is 420 g/mol. The molecule has 1 fully saturated rings. The molecule has 0 aromatic heterocycles. The molecule has 0 bridgehead atoms. The summed E-state index contributed by atoms with van der Waals surface area (Å²) in [5, 5.41) is 0. The predicted octanol–water partition coefficient (Wildman–Crippen LogP) is 2.80. The van der Waals surface area contributed by atoms with E-state index in [1.165, 1.54) is 24.3 Å². The van der Waals surface area contributed by atoms with Gasteiger partial charge in [0.15, 0.2) is 6.61 Å². The van der Waals surface area contributed by atoms with Crippen LogP contribution in [0.5, 0.6) is 0 Å². The number of nitrogens with one attached hydrogen (secondary N) is 1. The van der Waals surface area contributed by atoms with Gasteiger partial charge in [0.1, 0.15) is 5.82 Å². The fourth-order valence-corrected chi connectivity index (χ4v) is 4.01. The van der Waals surface area contributed by atoms with Gasteiger partial charge in [-0.25, -0.2) is 17.6 Å². The average Bonchev–Trinajstić information content (AvgIpc) is 2.73. The molecule has 0 radical (unpaired) electrons. The molecule has 154 valence electrons. The Balaban J connectivity index is 1.57. The second-order valence-electron chi connectivity index (χ2n) is 6.65. The SMILES string of the molecule is O=C(OCC(=O)N1CCCCC1)c1ccc(NS(=O)(=O)c2ccc(F)cc2)cc1. The Morgan fingerprint density at radius 3 is 2.21 bits per heavy atom. The molecule has 2 aromatic rings. The van der Waals surface area contributed by atoms with Gasteiger partial charge in [0.2, 0.25) is 0 Å². The quantitative estimate of drug-likeness (QED) is 0.726. The van der Waals surface area contributed by atoms with Crippen LogP contribution in [0.4, 0.5) is 10.1 Å². The fraction of sp³-hybridized carbons (Fsp3) is 0.300. The lowest BCUT2D eigenvalue weighted by atomic mass is 10.1. The molecule has 0 saturated carbocycles. The summed E-state index contributed by atoms with van der Waals surface area (Å²) in [5.41, 5.74) is 0.427. The van der Waals surface area contributed by atoms with Crippen molar-refractivity contribution in [2.45, 2.75) is 24.2 Å². The highest BCUT2D eigenvalue weighted by Crippen LogP contribution is 2.17. The van der Waals surface area contributed by atoms with Crippen LogP contribution in [0.2, 0.25) is 0 Å². The van der Waals surface area contributed by atoms with Crippen molar-refractivity contribution in [3.8, 4) is 0 Å². The molecule has 0 atom stereocenters. The number of carbonyl (C=O) groups is 2. The molecule has 1 aliphatic heterocycles. The number of ether oxygens (including phenoxy) is 1. The van der Waals surface area contributed by atoms with Gasteiger partial charge in [-0.2, -0.15) is 0 Å². The Hall–Kier alpha value is -2.94. The highest BCUT2D eigenvalue weighted by molar-refractivity contribution is 7.92. The lowest BCUT2D eigenvalue weighted by molar-refractivity contribution is -0.135. The highest BCUT2D eigenvalue weighted by atomic mass is 32.2. The molecular formula is C20H21FN2O5S. The zero-order chi connectivity index (χ0) is 20.9. The third kappa shape index (κ3) is 5.54. The maximum Gasteiger partial charge on any atom is 0.338 e. The van der Waals surface area contributed by atoms with Gasteiger partial charge in [0, 0.05) is 18.8 Å². The minimum Gasteiger partial charge on any atom is -0.452 e. The number of esters is 1. The number of anilines is 1. The maximum atomic E-state index is 13.0. The van der Waals surface area contributed by atoms with Crippen LogP contribution in [0.25, 0.3) is 0 Å². The first-order chi connectivity index (χ1) is 13.8. The van der Waals surface area contributed by atoms with Crippen LogP contribution in [0, 0.1) is 5.82 Å². The summed E-state index contributed by atoms with van der Waals surface area (Å²) in [6.45, 7) is 1.04. The van der Waals surface area contributed by atoms with Crippen LogP contribution in [0.3, 0.4) is 0 Å². The van der Waals surface area contributed by atoms with Crippen LogP contribution in [-0.2, 0) is 19.6 Å². The number of rotatable bonds is 6.